The van der Waals surface area contributed by atoms with E-state index >= 15 is 0 Å². The van der Waals surface area contributed by atoms with E-state index < -0.39 is 5.41 Å². The van der Waals surface area contributed by atoms with Gasteiger partial charge in [-0.15, -0.1) is 0 Å². The zero-order valence-electron chi connectivity index (χ0n) is 32.3. The number of hydrogen-bond acceptors (Lipinski definition) is 2. The van der Waals surface area contributed by atoms with E-state index in [0.717, 1.165) is 39.0 Å². The molecule has 278 valence electrons. The minimum absolute atomic E-state index is 0.472. The van der Waals surface area contributed by atoms with Crippen molar-refractivity contribution in [1.82, 2.24) is 4.57 Å². The lowest BCUT2D eigenvalue weighted by atomic mass is 9.67. The van der Waals surface area contributed by atoms with Crippen LogP contribution in [0.3, 0.4) is 0 Å². The molecule has 0 N–H and O–H groups in total. The van der Waals surface area contributed by atoms with E-state index in [1.807, 2.05) is 6.07 Å². The Bertz CT molecular complexity index is 3320. The highest BCUT2D eigenvalue weighted by atomic mass is 16.3. The van der Waals surface area contributed by atoms with Crippen LogP contribution in [0.5, 0.6) is 0 Å². The number of hydrogen-bond donors (Lipinski definition) is 0. The number of benzene rings is 9. The molecule has 2 heterocycles. The molecule has 0 unspecified atom stereocenters. The van der Waals surface area contributed by atoms with Crippen LogP contribution >= 0.6 is 0 Å². The second kappa shape index (κ2) is 13.2. The summed E-state index contributed by atoms with van der Waals surface area (Å²) in [6.45, 7) is 0.651. The van der Waals surface area contributed by atoms with Gasteiger partial charge in [-0.25, -0.2) is 0 Å². The highest BCUT2D eigenvalue weighted by Gasteiger charge is 2.46. The third kappa shape index (κ3) is 5.08. The smallest absolute Gasteiger partial charge is 0.137 e. The molecule has 0 amide bonds. The molecule has 1 aliphatic carbocycles. The van der Waals surface area contributed by atoms with Crippen LogP contribution in [-0.2, 0) is 12.0 Å². The first-order chi connectivity index (χ1) is 29.3. The molecule has 3 nitrogen and oxygen atoms in total. The van der Waals surface area contributed by atoms with Crippen molar-refractivity contribution in [2.75, 3.05) is 4.90 Å². The zero-order chi connectivity index (χ0) is 38.9. The molecule has 0 atom stereocenters. The molecule has 12 rings (SSSR count). The van der Waals surface area contributed by atoms with Gasteiger partial charge in [0.1, 0.15) is 11.2 Å². The summed E-state index contributed by atoms with van der Waals surface area (Å²) in [4.78, 5) is 2.46. The van der Waals surface area contributed by atoms with Crippen molar-refractivity contribution in [2.45, 2.75) is 12.0 Å². The fourth-order valence-corrected chi connectivity index (χ4v) is 9.97. The minimum atomic E-state index is -0.472. The Labute approximate surface area is 342 Å². The summed E-state index contributed by atoms with van der Waals surface area (Å²) in [5, 5.41) is 4.70. The molecule has 0 saturated heterocycles. The molecule has 0 saturated carbocycles. The number of nitrogens with zero attached hydrogens (tertiary/aromatic N) is 2. The average molecular weight is 755 g/mol. The Morgan fingerprint density at radius 1 is 0.407 bits per heavy atom. The van der Waals surface area contributed by atoms with Gasteiger partial charge in [0.2, 0.25) is 0 Å². The third-order valence-corrected chi connectivity index (χ3v) is 12.5. The number of fused-ring (bicyclic) bond motifs is 9. The summed E-state index contributed by atoms with van der Waals surface area (Å²) < 4.78 is 8.88. The monoisotopic (exact) mass is 754 g/mol. The maximum Gasteiger partial charge on any atom is 0.137 e. The second-order valence-electron chi connectivity index (χ2n) is 15.7. The fourth-order valence-electron chi connectivity index (χ4n) is 9.97. The van der Waals surface area contributed by atoms with Gasteiger partial charge in [0, 0.05) is 51.2 Å². The van der Waals surface area contributed by atoms with Crippen molar-refractivity contribution in [3.8, 4) is 16.8 Å². The molecule has 2 aromatic heterocycles. The van der Waals surface area contributed by atoms with E-state index in [4.69, 9.17) is 4.42 Å². The van der Waals surface area contributed by atoms with Crippen LogP contribution in [0.1, 0.15) is 27.8 Å². The van der Waals surface area contributed by atoms with Crippen LogP contribution in [-0.4, -0.2) is 4.57 Å². The third-order valence-electron chi connectivity index (χ3n) is 12.5. The average Bonchev–Trinajstić information content (AvgIpc) is 3.95. The van der Waals surface area contributed by atoms with Gasteiger partial charge in [-0.3, -0.25) is 0 Å². The Balaban J connectivity index is 1.07. The largest absolute Gasteiger partial charge is 0.456 e. The molecule has 0 fully saturated rings. The van der Waals surface area contributed by atoms with E-state index in [9.17, 15) is 0 Å². The first-order valence-electron chi connectivity index (χ1n) is 20.4. The van der Waals surface area contributed by atoms with Crippen LogP contribution in [0.4, 0.5) is 11.4 Å². The van der Waals surface area contributed by atoms with E-state index in [1.165, 1.54) is 60.8 Å². The van der Waals surface area contributed by atoms with Gasteiger partial charge >= 0.3 is 0 Å². The number of aromatic nitrogens is 1. The predicted molar refractivity (Wildman–Crippen MR) is 244 cm³/mol. The highest BCUT2D eigenvalue weighted by Crippen LogP contribution is 2.56. The summed E-state index contributed by atoms with van der Waals surface area (Å²) in [6.07, 6.45) is 0. The predicted octanol–water partition coefficient (Wildman–Crippen LogP) is 14.4. The summed E-state index contributed by atoms with van der Waals surface area (Å²) in [7, 11) is 0. The van der Waals surface area contributed by atoms with Gasteiger partial charge < -0.3 is 13.9 Å². The molecule has 0 aliphatic heterocycles. The molecule has 11 aromatic rings. The van der Waals surface area contributed by atoms with Crippen molar-refractivity contribution in [2.24, 2.45) is 0 Å². The van der Waals surface area contributed by atoms with Crippen molar-refractivity contribution in [3.05, 3.63) is 246 Å². The lowest BCUT2D eigenvalue weighted by Gasteiger charge is -2.34. The first-order valence-corrected chi connectivity index (χ1v) is 20.4. The van der Waals surface area contributed by atoms with Crippen LogP contribution in [0, 0.1) is 0 Å². The van der Waals surface area contributed by atoms with E-state index in [0.29, 0.717) is 6.54 Å². The summed E-state index contributed by atoms with van der Waals surface area (Å²) in [6, 6.07) is 79.6. The van der Waals surface area contributed by atoms with Gasteiger partial charge in [0.25, 0.3) is 0 Å². The van der Waals surface area contributed by atoms with Gasteiger partial charge in [-0.2, -0.15) is 0 Å². The highest BCUT2D eigenvalue weighted by molar-refractivity contribution is 6.11. The number of rotatable bonds is 7. The number of furan rings is 1. The van der Waals surface area contributed by atoms with Crippen molar-refractivity contribution < 1.29 is 4.42 Å². The van der Waals surface area contributed by atoms with E-state index in [-0.39, 0.29) is 0 Å². The quantitative estimate of drug-likeness (QED) is 0.162. The summed E-state index contributed by atoms with van der Waals surface area (Å²) >= 11 is 0. The van der Waals surface area contributed by atoms with Gasteiger partial charge in [0.15, 0.2) is 0 Å². The van der Waals surface area contributed by atoms with Crippen LogP contribution < -0.4 is 4.90 Å². The number of anilines is 2. The topological polar surface area (TPSA) is 21.3 Å². The van der Waals surface area contributed by atoms with Crippen molar-refractivity contribution in [1.29, 1.82) is 0 Å². The van der Waals surface area contributed by atoms with Crippen molar-refractivity contribution in [3.63, 3.8) is 0 Å². The van der Waals surface area contributed by atoms with Gasteiger partial charge in [-0.05, 0) is 93.5 Å². The fraction of sp³-hybridized carbons (Fsp3) is 0.0357. The maximum atomic E-state index is 6.50. The lowest BCUT2D eigenvalue weighted by Crippen LogP contribution is -2.28. The Kier molecular flexibility index (Phi) is 7.51. The minimum Gasteiger partial charge on any atom is -0.456 e. The Hall–Kier alpha value is -7.62. The molecule has 59 heavy (non-hydrogen) atoms. The zero-order valence-corrected chi connectivity index (χ0v) is 32.3. The lowest BCUT2D eigenvalue weighted by molar-refractivity contribution is 0.669. The molecule has 9 aromatic carbocycles. The maximum absolute atomic E-state index is 6.50. The van der Waals surface area contributed by atoms with Crippen LogP contribution in [0.25, 0.3) is 60.6 Å². The normalized spacial score (nSPS) is 12.9. The van der Waals surface area contributed by atoms with E-state index in [2.05, 4.69) is 222 Å². The summed E-state index contributed by atoms with van der Waals surface area (Å²) in [5.74, 6) is 0. The Morgan fingerprint density at radius 3 is 1.80 bits per heavy atom. The molecule has 3 heteroatoms. The van der Waals surface area contributed by atoms with Crippen LogP contribution in [0.15, 0.2) is 223 Å². The van der Waals surface area contributed by atoms with Crippen molar-refractivity contribution >= 4 is 55.1 Å². The molecular formula is C56H38N2O. The van der Waals surface area contributed by atoms with Gasteiger partial charge in [-0.1, -0.05) is 158 Å². The van der Waals surface area contributed by atoms with E-state index in [1.54, 1.807) is 0 Å². The molecule has 0 radical (unpaired) electrons. The standard InChI is InChI=1S/C56H38N2O/c1-4-16-39(17-5-1)56(40-18-6-2-7-19-40)50-25-13-10-22-44(50)45-31-28-38(34-51(45)56)37-57(43-29-32-48-47-24-12-15-27-54(47)59-55(48)36-43)42-30-33-53-49(35-42)46-23-11-14-26-52(46)58(53)41-20-8-3-9-21-41/h1-36H,37H2. The second-order valence-corrected chi connectivity index (χ2v) is 15.7. The van der Waals surface area contributed by atoms with Gasteiger partial charge in [0.05, 0.1) is 16.4 Å². The molecule has 0 bridgehead atoms. The first kappa shape index (κ1) is 33.5. The molecule has 1 aliphatic rings. The Morgan fingerprint density at radius 2 is 1.00 bits per heavy atom. The number of para-hydroxylation sites is 3. The molecular weight excluding hydrogens is 717 g/mol. The SMILES string of the molecule is c1ccc(-n2c3ccccc3c3cc(N(Cc4ccc5c(c4)C(c4ccccc4)(c4ccccc4)c4ccccc4-5)c4ccc5c(c4)oc4ccccc45)ccc32)cc1. The summed E-state index contributed by atoms with van der Waals surface area (Å²) in [5.41, 5.74) is 16.0. The van der Waals surface area contributed by atoms with Crippen LogP contribution in [0.2, 0.25) is 0 Å². The molecule has 0 spiro atoms.